The van der Waals surface area contributed by atoms with Crippen LogP contribution in [0.15, 0.2) is 24.5 Å². The Bertz CT molecular complexity index is 467. The van der Waals surface area contributed by atoms with Gasteiger partial charge in [-0.2, -0.15) is 0 Å². The van der Waals surface area contributed by atoms with Crippen molar-refractivity contribution in [2.45, 2.75) is 13.3 Å². The number of aromatic nitrogens is 2. The molecule has 1 N–H and O–H groups in total. The highest BCUT2D eigenvalue weighted by Gasteiger charge is 2.04. The van der Waals surface area contributed by atoms with E-state index in [2.05, 4.69) is 22.2 Å². The summed E-state index contributed by atoms with van der Waals surface area (Å²) in [5.41, 5.74) is 1.06. The van der Waals surface area contributed by atoms with Crippen LogP contribution < -0.4 is 10.1 Å². The zero-order valence-corrected chi connectivity index (χ0v) is 10.8. The molecule has 2 heterocycles. The molecular formula is C12H15N3OS. The van der Waals surface area contributed by atoms with Crippen molar-refractivity contribution in [3.05, 3.63) is 24.5 Å². The third-order valence-corrected chi connectivity index (χ3v) is 3.27. The maximum atomic E-state index is 5.03. The quantitative estimate of drug-likeness (QED) is 0.884. The molecule has 17 heavy (non-hydrogen) atoms. The summed E-state index contributed by atoms with van der Waals surface area (Å²) in [5, 5.41) is 4.23. The largest absolute Gasteiger partial charge is 0.481 e. The van der Waals surface area contributed by atoms with Gasteiger partial charge < -0.3 is 10.1 Å². The summed E-state index contributed by atoms with van der Waals surface area (Å²) in [7, 11) is 1.61. The Balaban J connectivity index is 2.12. The number of thiazole rings is 1. The molecule has 2 rings (SSSR count). The van der Waals surface area contributed by atoms with Crippen LogP contribution >= 0.6 is 11.3 Å². The number of pyridine rings is 1. The second kappa shape index (κ2) is 5.63. The average molecular weight is 249 g/mol. The zero-order valence-electron chi connectivity index (χ0n) is 9.93. The van der Waals surface area contributed by atoms with Gasteiger partial charge in [0.2, 0.25) is 5.88 Å². The predicted octanol–water partition coefficient (Wildman–Crippen LogP) is 3.04. The fraction of sp³-hybridized carbons (Fsp3) is 0.333. The molecule has 0 fully saturated rings. The minimum atomic E-state index is 0.627. The second-order valence-electron chi connectivity index (χ2n) is 3.55. The summed E-state index contributed by atoms with van der Waals surface area (Å²) in [6, 6.07) is 3.84. The predicted molar refractivity (Wildman–Crippen MR) is 70.7 cm³/mol. The van der Waals surface area contributed by atoms with E-state index in [-0.39, 0.29) is 0 Å². The minimum Gasteiger partial charge on any atom is -0.481 e. The van der Waals surface area contributed by atoms with Crippen LogP contribution in [0.4, 0.5) is 5.13 Å². The van der Waals surface area contributed by atoms with E-state index in [1.807, 2.05) is 18.3 Å². The van der Waals surface area contributed by atoms with Crippen LogP contribution in [0.1, 0.15) is 13.3 Å². The molecule has 0 amide bonds. The molecule has 0 bridgehead atoms. The van der Waals surface area contributed by atoms with Gasteiger partial charge in [0.05, 0.1) is 12.0 Å². The van der Waals surface area contributed by atoms with Crippen LogP contribution in [0.3, 0.4) is 0 Å². The monoisotopic (exact) mass is 249 g/mol. The van der Waals surface area contributed by atoms with Crippen molar-refractivity contribution in [2.75, 3.05) is 19.0 Å². The Kier molecular flexibility index (Phi) is 3.93. The molecule has 0 aromatic carbocycles. The van der Waals surface area contributed by atoms with Crippen LogP contribution in [-0.2, 0) is 0 Å². The Morgan fingerprint density at radius 1 is 1.29 bits per heavy atom. The Morgan fingerprint density at radius 2 is 2.18 bits per heavy atom. The topological polar surface area (TPSA) is 47.0 Å². The van der Waals surface area contributed by atoms with Gasteiger partial charge >= 0.3 is 0 Å². The van der Waals surface area contributed by atoms with Crippen LogP contribution in [0.2, 0.25) is 0 Å². The van der Waals surface area contributed by atoms with E-state index in [1.54, 1.807) is 24.6 Å². The van der Waals surface area contributed by atoms with Crippen molar-refractivity contribution >= 4 is 16.5 Å². The summed E-state index contributed by atoms with van der Waals surface area (Å²) in [6.07, 6.45) is 4.76. The van der Waals surface area contributed by atoms with Gasteiger partial charge in [0.1, 0.15) is 0 Å². The summed E-state index contributed by atoms with van der Waals surface area (Å²) >= 11 is 1.64. The van der Waals surface area contributed by atoms with E-state index < -0.39 is 0 Å². The zero-order chi connectivity index (χ0) is 12.1. The molecule has 5 heteroatoms. The first kappa shape index (κ1) is 11.9. The lowest BCUT2D eigenvalue weighted by Gasteiger charge is -1.99. The van der Waals surface area contributed by atoms with Crippen molar-refractivity contribution in [1.82, 2.24) is 9.97 Å². The first-order chi connectivity index (χ1) is 8.33. The number of anilines is 1. The molecular weight excluding hydrogens is 234 g/mol. The number of nitrogens with zero attached hydrogens (tertiary/aromatic N) is 2. The molecule has 0 aliphatic heterocycles. The van der Waals surface area contributed by atoms with Crippen molar-refractivity contribution in [3.63, 3.8) is 0 Å². The van der Waals surface area contributed by atoms with Crippen molar-refractivity contribution in [2.24, 2.45) is 0 Å². The first-order valence-corrected chi connectivity index (χ1v) is 6.35. The van der Waals surface area contributed by atoms with Crippen LogP contribution in [0.5, 0.6) is 5.88 Å². The molecule has 0 aliphatic carbocycles. The average Bonchev–Trinajstić information content (AvgIpc) is 2.85. The lowest BCUT2D eigenvalue weighted by Crippen LogP contribution is -1.97. The summed E-state index contributed by atoms with van der Waals surface area (Å²) in [5.74, 6) is 0.627. The number of nitrogens with one attached hydrogen (secondary N) is 1. The van der Waals surface area contributed by atoms with E-state index >= 15 is 0 Å². The summed E-state index contributed by atoms with van der Waals surface area (Å²) < 4.78 is 5.03. The van der Waals surface area contributed by atoms with Gasteiger partial charge in [0, 0.05) is 30.6 Å². The standard InChI is InChI=1S/C12H15N3OS/c1-3-6-13-12-15-8-10(17-12)9-4-5-11(16-2)14-7-9/h4-5,7-8H,3,6H2,1-2H3,(H,13,15). The lowest BCUT2D eigenvalue weighted by molar-refractivity contribution is 0.398. The number of hydrogen-bond acceptors (Lipinski definition) is 5. The van der Waals surface area contributed by atoms with Gasteiger partial charge in [-0.25, -0.2) is 9.97 Å². The highest BCUT2D eigenvalue weighted by Crippen LogP contribution is 2.28. The van der Waals surface area contributed by atoms with Crippen molar-refractivity contribution < 1.29 is 4.74 Å². The highest BCUT2D eigenvalue weighted by molar-refractivity contribution is 7.18. The second-order valence-corrected chi connectivity index (χ2v) is 4.58. The molecule has 90 valence electrons. The maximum absolute atomic E-state index is 5.03. The number of methoxy groups -OCH3 is 1. The Labute approximate surface area is 105 Å². The molecule has 2 aromatic rings. The molecule has 0 saturated carbocycles. The lowest BCUT2D eigenvalue weighted by atomic mass is 10.2. The molecule has 0 spiro atoms. The van der Waals surface area contributed by atoms with Gasteiger partial charge in [-0.05, 0) is 12.5 Å². The number of rotatable bonds is 5. The van der Waals surface area contributed by atoms with Crippen LogP contribution in [0.25, 0.3) is 10.4 Å². The van der Waals surface area contributed by atoms with Crippen molar-refractivity contribution in [3.8, 4) is 16.3 Å². The van der Waals surface area contributed by atoms with Gasteiger partial charge in [0.25, 0.3) is 0 Å². The first-order valence-electron chi connectivity index (χ1n) is 5.53. The molecule has 4 nitrogen and oxygen atoms in total. The molecule has 0 radical (unpaired) electrons. The van der Waals surface area contributed by atoms with E-state index in [1.165, 1.54) is 0 Å². The van der Waals surface area contributed by atoms with Crippen LogP contribution in [-0.4, -0.2) is 23.6 Å². The molecule has 2 aromatic heterocycles. The van der Waals surface area contributed by atoms with Gasteiger partial charge in [-0.3, -0.25) is 0 Å². The third kappa shape index (κ3) is 2.94. The fourth-order valence-electron chi connectivity index (χ4n) is 1.37. The summed E-state index contributed by atoms with van der Waals surface area (Å²) in [4.78, 5) is 9.61. The van der Waals surface area contributed by atoms with Gasteiger partial charge in [-0.15, -0.1) is 0 Å². The highest BCUT2D eigenvalue weighted by atomic mass is 32.1. The van der Waals surface area contributed by atoms with E-state index in [0.717, 1.165) is 28.5 Å². The SMILES string of the molecule is CCCNc1ncc(-c2ccc(OC)nc2)s1. The van der Waals surface area contributed by atoms with E-state index in [9.17, 15) is 0 Å². The van der Waals surface area contributed by atoms with Gasteiger partial charge in [0.15, 0.2) is 5.13 Å². The fourth-order valence-corrected chi connectivity index (χ4v) is 2.20. The number of ether oxygens (including phenoxy) is 1. The smallest absolute Gasteiger partial charge is 0.212 e. The summed E-state index contributed by atoms with van der Waals surface area (Å²) in [6.45, 7) is 3.09. The van der Waals surface area contributed by atoms with E-state index in [0.29, 0.717) is 5.88 Å². The minimum absolute atomic E-state index is 0.627. The van der Waals surface area contributed by atoms with Crippen LogP contribution in [0, 0.1) is 0 Å². The normalized spacial score (nSPS) is 10.2. The van der Waals surface area contributed by atoms with Crippen molar-refractivity contribution in [1.29, 1.82) is 0 Å². The van der Waals surface area contributed by atoms with Gasteiger partial charge in [-0.1, -0.05) is 18.3 Å². The third-order valence-electron chi connectivity index (χ3n) is 2.26. The Hall–Kier alpha value is -1.62. The molecule has 0 unspecified atom stereocenters. The molecule has 0 aliphatic rings. The molecule has 0 atom stereocenters. The Morgan fingerprint density at radius 3 is 2.82 bits per heavy atom. The maximum Gasteiger partial charge on any atom is 0.212 e. The number of hydrogen-bond donors (Lipinski definition) is 1. The van der Waals surface area contributed by atoms with E-state index in [4.69, 9.17) is 4.74 Å². The molecule has 0 saturated heterocycles.